The van der Waals surface area contributed by atoms with E-state index in [2.05, 4.69) is 9.97 Å². The Labute approximate surface area is 215 Å². The summed E-state index contributed by atoms with van der Waals surface area (Å²) in [5.41, 5.74) is 1.20. The molecule has 0 saturated carbocycles. The van der Waals surface area contributed by atoms with Gasteiger partial charge in [-0.2, -0.15) is 4.31 Å². The van der Waals surface area contributed by atoms with Crippen LogP contribution in [0.15, 0.2) is 65.7 Å². The average Bonchev–Trinajstić information content (AvgIpc) is 3.32. The summed E-state index contributed by atoms with van der Waals surface area (Å²) in [4.78, 5) is 23.7. The predicted molar refractivity (Wildman–Crippen MR) is 133 cm³/mol. The first-order chi connectivity index (χ1) is 17.7. The van der Waals surface area contributed by atoms with Crippen molar-refractivity contribution >= 4 is 42.6 Å². The summed E-state index contributed by atoms with van der Waals surface area (Å²) >= 11 is 1.19. The van der Waals surface area contributed by atoms with Gasteiger partial charge in [0.25, 0.3) is 0 Å². The van der Waals surface area contributed by atoms with Crippen LogP contribution in [0, 0.1) is 23.4 Å². The van der Waals surface area contributed by atoms with Gasteiger partial charge in [0.1, 0.15) is 5.82 Å². The zero-order valence-corrected chi connectivity index (χ0v) is 21.0. The number of thiazole rings is 1. The van der Waals surface area contributed by atoms with Gasteiger partial charge >= 0.3 is 0 Å². The lowest BCUT2D eigenvalue weighted by Gasteiger charge is -2.33. The smallest absolute Gasteiger partial charge is 0.243 e. The maximum absolute atomic E-state index is 13.7. The molecule has 5 rings (SSSR count). The van der Waals surface area contributed by atoms with E-state index in [1.165, 1.54) is 32.7 Å². The molecule has 1 aliphatic rings. The number of hydrogen-bond acceptors (Lipinski definition) is 6. The third-order valence-corrected chi connectivity index (χ3v) is 9.15. The van der Waals surface area contributed by atoms with Crippen molar-refractivity contribution in [1.29, 1.82) is 0 Å². The Balaban J connectivity index is 1.37. The highest BCUT2D eigenvalue weighted by Gasteiger charge is 2.35. The van der Waals surface area contributed by atoms with E-state index in [9.17, 15) is 26.4 Å². The molecule has 1 saturated heterocycles. The number of amides is 1. The number of carbonyl (C=O) groups is 1. The minimum atomic E-state index is -4.05. The Kier molecular flexibility index (Phi) is 6.97. The molecule has 7 nitrogen and oxygen atoms in total. The molecule has 0 spiro atoms. The molecule has 2 aromatic carbocycles. The van der Waals surface area contributed by atoms with E-state index in [0.29, 0.717) is 27.1 Å². The van der Waals surface area contributed by atoms with Crippen molar-refractivity contribution in [2.24, 2.45) is 5.92 Å². The molecule has 0 N–H and O–H groups in total. The van der Waals surface area contributed by atoms with Crippen LogP contribution in [-0.2, 0) is 21.4 Å². The SMILES string of the molecule is O=C(C1CCN(S(=O)(=O)c2ccc(F)c(F)c2)CC1)N(Cc1ccccn1)c1nc2ccc(F)cc2s1. The molecule has 0 unspecified atom stereocenters. The Hall–Kier alpha value is -3.35. The zero-order chi connectivity index (χ0) is 26.2. The summed E-state index contributed by atoms with van der Waals surface area (Å²) in [6.07, 6.45) is 2.09. The molecule has 1 amide bonds. The van der Waals surface area contributed by atoms with E-state index in [1.54, 1.807) is 30.5 Å². The third kappa shape index (κ3) is 5.22. The van der Waals surface area contributed by atoms with Gasteiger partial charge in [-0.1, -0.05) is 17.4 Å². The Bertz CT molecular complexity index is 1560. The van der Waals surface area contributed by atoms with Crippen molar-refractivity contribution in [1.82, 2.24) is 14.3 Å². The normalized spacial score (nSPS) is 15.2. The maximum atomic E-state index is 13.7. The number of rotatable bonds is 6. The monoisotopic (exact) mass is 546 g/mol. The van der Waals surface area contributed by atoms with Crippen molar-refractivity contribution in [3.63, 3.8) is 0 Å². The number of aromatic nitrogens is 2. The summed E-state index contributed by atoms with van der Waals surface area (Å²) in [5.74, 6) is -3.51. The van der Waals surface area contributed by atoms with Crippen LogP contribution < -0.4 is 4.90 Å². The first kappa shape index (κ1) is 25.3. The fraction of sp³-hybridized carbons (Fsp3) is 0.240. The highest BCUT2D eigenvalue weighted by Crippen LogP contribution is 2.33. The third-order valence-electron chi connectivity index (χ3n) is 6.21. The number of sulfonamides is 1. The summed E-state index contributed by atoms with van der Waals surface area (Å²) in [5, 5.41) is 0.396. The van der Waals surface area contributed by atoms with E-state index in [-0.39, 0.29) is 43.3 Å². The van der Waals surface area contributed by atoms with Crippen molar-refractivity contribution in [3.8, 4) is 0 Å². The van der Waals surface area contributed by atoms with E-state index in [0.717, 1.165) is 12.1 Å². The van der Waals surface area contributed by atoms with Gasteiger partial charge in [0, 0.05) is 25.2 Å². The first-order valence-corrected chi connectivity index (χ1v) is 13.7. The fourth-order valence-electron chi connectivity index (χ4n) is 4.25. The van der Waals surface area contributed by atoms with Crippen LogP contribution >= 0.6 is 11.3 Å². The van der Waals surface area contributed by atoms with Crippen molar-refractivity contribution in [2.75, 3.05) is 18.0 Å². The molecule has 0 radical (unpaired) electrons. The molecule has 0 aliphatic carbocycles. The lowest BCUT2D eigenvalue weighted by molar-refractivity contribution is -0.123. The number of piperidine rings is 1. The summed E-state index contributed by atoms with van der Waals surface area (Å²) < 4.78 is 68.3. The van der Waals surface area contributed by atoms with Gasteiger partial charge in [-0.3, -0.25) is 14.7 Å². The minimum absolute atomic E-state index is 0.0419. The van der Waals surface area contributed by atoms with Crippen LogP contribution in [0.5, 0.6) is 0 Å². The minimum Gasteiger partial charge on any atom is -0.282 e. The van der Waals surface area contributed by atoms with Crippen LogP contribution in [0.2, 0.25) is 0 Å². The molecule has 1 aliphatic heterocycles. The fourth-order valence-corrected chi connectivity index (χ4v) is 6.72. The molecular weight excluding hydrogens is 525 g/mol. The number of benzene rings is 2. The summed E-state index contributed by atoms with van der Waals surface area (Å²) in [6, 6.07) is 12.0. The standard InChI is InChI=1S/C25H21F3N4O3S2/c26-17-4-7-22-23(13-17)36-25(30-22)32(15-18-3-1-2-10-29-18)24(33)16-8-11-31(12-9-16)37(34,35)19-5-6-20(27)21(28)14-19/h1-7,10,13-14,16H,8-9,11-12,15H2. The Morgan fingerprint density at radius 2 is 1.81 bits per heavy atom. The highest BCUT2D eigenvalue weighted by atomic mass is 32.2. The summed E-state index contributed by atoms with van der Waals surface area (Å²) in [6.45, 7) is 0.232. The van der Waals surface area contributed by atoms with Crippen LogP contribution in [-0.4, -0.2) is 41.7 Å². The second-order valence-electron chi connectivity index (χ2n) is 8.61. The lowest BCUT2D eigenvalue weighted by Crippen LogP contribution is -2.44. The molecular formula is C25H21F3N4O3S2. The van der Waals surface area contributed by atoms with Gasteiger partial charge in [-0.25, -0.2) is 26.6 Å². The van der Waals surface area contributed by atoms with Gasteiger partial charge in [0.05, 0.1) is 27.4 Å². The number of carbonyl (C=O) groups excluding carboxylic acids is 1. The number of hydrogen-bond donors (Lipinski definition) is 0. The van der Waals surface area contributed by atoms with E-state index >= 15 is 0 Å². The van der Waals surface area contributed by atoms with Crippen LogP contribution in [0.1, 0.15) is 18.5 Å². The average molecular weight is 547 g/mol. The quantitative estimate of drug-likeness (QED) is 0.349. The zero-order valence-electron chi connectivity index (χ0n) is 19.4. The van der Waals surface area contributed by atoms with Crippen molar-refractivity contribution < 1.29 is 26.4 Å². The van der Waals surface area contributed by atoms with Crippen LogP contribution in [0.4, 0.5) is 18.3 Å². The molecule has 37 heavy (non-hydrogen) atoms. The number of fused-ring (bicyclic) bond motifs is 1. The van der Waals surface area contributed by atoms with Gasteiger partial charge in [-0.15, -0.1) is 0 Å². The van der Waals surface area contributed by atoms with Crippen LogP contribution in [0.25, 0.3) is 10.2 Å². The molecule has 192 valence electrons. The van der Waals surface area contributed by atoms with Gasteiger partial charge in [0.15, 0.2) is 16.8 Å². The number of halogens is 3. The predicted octanol–water partition coefficient (Wildman–Crippen LogP) is 4.74. The number of pyridine rings is 1. The molecule has 0 bridgehead atoms. The van der Waals surface area contributed by atoms with Gasteiger partial charge < -0.3 is 0 Å². The Morgan fingerprint density at radius 1 is 1.03 bits per heavy atom. The van der Waals surface area contributed by atoms with E-state index < -0.39 is 33.4 Å². The number of nitrogens with zero attached hydrogens (tertiary/aromatic N) is 4. The molecule has 12 heteroatoms. The second kappa shape index (κ2) is 10.2. The van der Waals surface area contributed by atoms with E-state index in [4.69, 9.17) is 0 Å². The largest absolute Gasteiger partial charge is 0.282 e. The molecule has 4 aromatic rings. The van der Waals surface area contributed by atoms with Crippen LogP contribution in [0.3, 0.4) is 0 Å². The van der Waals surface area contributed by atoms with Crippen molar-refractivity contribution in [3.05, 3.63) is 83.9 Å². The van der Waals surface area contributed by atoms with Crippen molar-refractivity contribution in [2.45, 2.75) is 24.3 Å². The highest BCUT2D eigenvalue weighted by molar-refractivity contribution is 7.89. The maximum Gasteiger partial charge on any atom is 0.243 e. The molecule has 0 atom stereocenters. The van der Waals surface area contributed by atoms with E-state index in [1.807, 2.05) is 0 Å². The second-order valence-corrected chi connectivity index (χ2v) is 11.6. The molecule has 3 heterocycles. The Morgan fingerprint density at radius 3 is 2.51 bits per heavy atom. The van der Waals surface area contributed by atoms with Gasteiger partial charge in [-0.05, 0) is 61.4 Å². The topological polar surface area (TPSA) is 83.5 Å². The molecule has 1 fully saturated rings. The number of anilines is 1. The lowest BCUT2D eigenvalue weighted by atomic mass is 9.96. The first-order valence-electron chi connectivity index (χ1n) is 11.4. The van der Waals surface area contributed by atoms with Gasteiger partial charge in [0.2, 0.25) is 15.9 Å². The summed E-state index contributed by atoms with van der Waals surface area (Å²) in [7, 11) is -4.05. The molecule has 2 aromatic heterocycles.